The summed E-state index contributed by atoms with van der Waals surface area (Å²) in [6.07, 6.45) is 6.53. The molecule has 58 valence electrons. The Morgan fingerprint density at radius 2 is 2.40 bits per heavy atom. The van der Waals surface area contributed by atoms with Gasteiger partial charge < -0.3 is 9.53 Å². The van der Waals surface area contributed by atoms with E-state index < -0.39 is 0 Å². The maximum absolute atomic E-state index is 9.99. The lowest BCUT2D eigenvalue weighted by Crippen LogP contribution is -2.18. The van der Waals surface area contributed by atoms with E-state index in [9.17, 15) is 4.79 Å². The molecule has 0 N–H and O–H groups in total. The Hall–Kier alpha value is -0.370. The first-order chi connectivity index (χ1) is 4.93. The normalized spacial score (nSPS) is 26.2. The highest BCUT2D eigenvalue weighted by Crippen LogP contribution is 2.15. The van der Waals surface area contributed by atoms with E-state index in [-0.39, 0.29) is 0 Å². The number of carbonyl (C=O) groups is 1. The summed E-state index contributed by atoms with van der Waals surface area (Å²) in [5.41, 5.74) is 0. The van der Waals surface area contributed by atoms with Gasteiger partial charge in [0.1, 0.15) is 6.29 Å². The van der Waals surface area contributed by atoms with Gasteiger partial charge in [0.2, 0.25) is 0 Å². The van der Waals surface area contributed by atoms with Crippen LogP contribution in [0.15, 0.2) is 0 Å². The summed E-state index contributed by atoms with van der Waals surface area (Å²) < 4.78 is 5.42. The lowest BCUT2D eigenvalue weighted by atomic mass is 10.1. The van der Waals surface area contributed by atoms with Crippen LogP contribution in [0.1, 0.15) is 32.1 Å². The third kappa shape index (κ3) is 2.48. The number of ether oxygens (including phenoxy) is 1. The van der Waals surface area contributed by atoms with Gasteiger partial charge in [-0.2, -0.15) is 0 Å². The van der Waals surface area contributed by atoms with Crippen LogP contribution in [-0.4, -0.2) is 19.0 Å². The van der Waals surface area contributed by atoms with Crippen LogP contribution < -0.4 is 0 Å². The van der Waals surface area contributed by atoms with Crippen LogP contribution in [0.2, 0.25) is 0 Å². The monoisotopic (exact) mass is 142 g/mol. The van der Waals surface area contributed by atoms with Gasteiger partial charge in [-0.3, -0.25) is 0 Å². The fourth-order valence-corrected chi connectivity index (χ4v) is 1.29. The molecular weight excluding hydrogens is 128 g/mol. The number of hydrogen-bond acceptors (Lipinski definition) is 2. The Morgan fingerprint density at radius 3 is 3.00 bits per heavy atom. The first-order valence-corrected chi connectivity index (χ1v) is 3.98. The molecule has 1 fully saturated rings. The van der Waals surface area contributed by atoms with Crippen LogP contribution in [-0.2, 0) is 9.53 Å². The van der Waals surface area contributed by atoms with E-state index in [4.69, 9.17) is 4.74 Å². The Balaban J connectivity index is 2.07. The SMILES string of the molecule is O=CCCC1CCCCO1. The van der Waals surface area contributed by atoms with Gasteiger partial charge in [-0.1, -0.05) is 0 Å². The van der Waals surface area contributed by atoms with Crippen molar-refractivity contribution >= 4 is 6.29 Å². The molecular formula is C8H14O2. The molecule has 0 aliphatic carbocycles. The smallest absolute Gasteiger partial charge is 0.120 e. The number of hydrogen-bond donors (Lipinski definition) is 0. The average molecular weight is 142 g/mol. The van der Waals surface area contributed by atoms with Crippen LogP contribution in [0.25, 0.3) is 0 Å². The lowest BCUT2D eigenvalue weighted by molar-refractivity contribution is -0.108. The number of aldehydes is 1. The summed E-state index contributed by atoms with van der Waals surface area (Å²) in [7, 11) is 0. The Bertz CT molecular complexity index is 95.4. The largest absolute Gasteiger partial charge is 0.378 e. The molecule has 0 bridgehead atoms. The molecule has 0 aromatic rings. The lowest BCUT2D eigenvalue weighted by Gasteiger charge is -2.21. The molecule has 1 unspecified atom stereocenters. The fourth-order valence-electron chi connectivity index (χ4n) is 1.29. The summed E-state index contributed by atoms with van der Waals surface area (Å²) in [4.78, 5) is 9.99. The molecule has 0 aromatic heterocycles. The van der Waals surface area contributed by atoms with Crippen LogP contribution in [0.4, 0.5) is 0 Å². The van der Waals surface area contributed by atoms with Gasteiger partial charge in [-0.25, -0.2) is 0 Å². The van der Waals surface area contributed by atoms with Crippen molar-refractivity contribution in [2.45, 2.75) is 38.2 Å². The average Bonchev–Trinajstić information content (AvgIpc) is 2.03. The van der Waals surface area contributed by atoms with Crippen molar-refractivity contribution in [1.82, 2.24) is 0 Å². The van der Waals surface area contributed by atoms with Gasteiger partial charge in [-0.15, -0.1) is 0 Å². The Labute approximate surface area is 61.6 Å². The molecule has 2 nitrogen and oxygen atoms in total. The molecule has 1 heterocycles. The molecule has 10 heavy (non-hydrogen) atoms. The maximum Gasteiger partial charge on any atom is 0.120 e. The standard InChI is InChI=1S/C8H14O2/c9-6-3-5-8-4-1-2-7-10-8/h6,8H,1-5,7H2. The minimum Gasteiger partial charge on any atom is -0.378 e. The summed E-state index contributed by atoms with van der Waals surface area (Å²) in [5.74, 6) is 0. The molecule has 1 saturated heterocycles. The van der Waals surface area contributed by atoms with Crippen molar-refractivity contribution in [2.75, 3.05) is 6.61 Å². The second kappa shape index (κ2) is 4.45. The molecule has 0 radical (unpaired) electrons. The molecule has 1 aliphatic heterocycles. The van der Waals surface area contributed by atoms with Gasteiger partial charge in [0.05, 0.1) is 6.10 Å². The minimum absolute atomic E-state index is 0.374. The van der Waals surface area contributed by atoms with E-state index in [2.05, 4.69) is 0 Å². The molecule has 0 amide bonds. The van der Waals surface area contributed by atoms with Crippen molar-refractivity contribution in [3.63, 3.8) is 0 Å². The Kier molecular flexibility index (Phi) is 3.44. The van der Waals surface area contributed by atoms with Gasteiger partial charge in [0.25, 0.3) is 0 Å². The van der Waals surface area contributed by atoms with E-state index in [1.165, 1.54) is 12.8 Å². The Morgan fingerprint density at radius 1 is 1.50 bits per heavy atom. The zero-order valence-corrected chi connectivity index (χ0v) is 6.21. The van der Waals surface area contributed by atoms with Crippen LogP contribution >= 0.6 is 0 Å². The topological polar surface area (TPSA) is 26.3 Å². The van der Waals surface area contributed by atoms with E-state index in [0.29, 0.717) is 12.5 Å². The first-order valence-electron chi connectivity index (χ1n) is 3.98. The molecule has 0 aromatic carbocycles. The highest BCUT2D eigenvalue weighted by molar-refractivity contribution is 5.49. The van der Waals surface area contributed by atoms with E-state index in [1.54, 1.807) is 0 Å². The molecule has 1 atom stereocenters. The molecule has 2 heteroatoms. The quantitative estimate of drug-likeness (QED) is 0.559. The summed E-state index contributed by atoms with van der Waals surface area (Å²) in [6.45, 7) is 0.892. The zero-order chi connectivity index (χ0) is 7.23. The van der Waals surface area contributed by atoms with Gasteiger partial charge in [-0.05, 0) is 25.7 Å². The van der Waals surface area contributed by atoms with Crippen LogP contribution in [0.3, 0.4) is 0 Å². The van der Waals surface area contributed by atoms with Gasteiger partial charge >= 0.3 is 0 Å². The minimum atomic E-state index is 0.374. The van der Waals surface area contributed by atoms with Gasteiger partial charge in [0.15, 0.2) is 0 Å². The van der Waals surface area contributed by atoms with Crippen molar-refractivity contribution in [3.8, 4) is 0 Å². The fraction of sp³-hybridized carbons (Fsp3) is 0.875. The van der Waals surface area contributed by atoms with Crippen LogP contribution in [0, 0.1) is 0 Å². The number of rotatable bonds is 3. The zero-order valence-electron chi connectivity index (χ0n) is 6.21. The molecule has 1 aliphatic rings. The highest BCUT2D eigenvalue weighted by atomic mass is 16.5. The predicted molar refractivity (Wildman–Crippen MR) is 38.9 cm³/mol. The summed E-state index contributed by atoms with van der Waals surface area (Å²) in [5, 5.41) is 0. The van der Waals surface area contributed by atoms with E-state index in [1.807, 2.05) is 0 Å². The summed E-state index contributed by atoms with van der Waals surface area (Å²) >= 11 is 0. The van der Waals surface area contributed by atoms with Gasteiger partial charge in [0, 0.05) is 13.0 Å². The van der Waals surface area contributed by atoms with Crippen molar-refractivity contribution in [1.29, 1.82) is 0 Å². The molecule has 1 rings (SSSR count). The van der Waals surface area contributed by atoms with Crippen molar-refractivity contribution in [2.24, 2.45) is 0 Å². The highest BCUT2D eigenvalue weighted by Gasteiger charge is 2.12. The number of carbonyl (C=O) groups excluding carboxylic acids is 1. The predicted octanol–water partition coefficient (Wildman–Crippen LogP) is 1.53. The van der Waals surface area contributed by atoms with E-state index >= 15 is 0 Å². The third-order valence-corrected chi connectivity index (χ3v) is 1.88. The maximum atomic E-state index is 9.99. The van der Waals surface area contributed by atoms with E-state index in [0.717, 1.165) is 25.7 Å². The van der Waals surface area contributed by atoms with Crippen molar-refractivity contribution in [3.05, 3.63) is 0 Å². The second-order valence-corrected chi connectivity index (χ2v) is 2.73. The first kappa shape index (κ1) is 7.73. The van der Waals surface area contributed by atoms with Crippen LogP contribution in [0.5, 0.6) is 0 Å². The third-order valence-electron chi connectivity index (χ3n) is 1.88. The van der Waals surface area contributed by atoms with Crippen molar-refractivity contribution < 1.29 is 9.53 Å². The second-order valence-electron chi connectivity index (χ2n) is 2.73. The molecule has 0 saturated carbocycles. The molecule has 0 spiro atoms. The summed E-state index contributed by atoms with van der Waals surface area (Å²) in [6, 6.07) is 0.